The van der Waals surface area contributed by atoms with E-state index in [1.165, 1.54) is 0 Å². The third-order valence-corrected chi connectivity index (χ3v) is 5.90. The highest BCUT2D eigenvalue weighted by atomic mass is 32.2. The molecule has 1 unspecified atom stereocenters. The summed E-state index contributed by atoms with van der Waals surface area (Å²) in [7, 11) is -0.998. The molecule has 1 amide bonds. The maximum atomic E-state index is 12.0. The Balaban J connectivity index is 1.75. The number of nitrogens with zero attached hydrogens (tertiary/aromatic N) is 2. The molecule has 2 heterocycles. The van der Waals surface area contributed by atoms with Crippen LogP contribution in [-0.4, -0.2) is 55.3 Å². The average molecular weight is 339 g/mol. The molecule has 1 fully saturated rings. The normalized spacial score (nSPS) is 19.9. The van der Waals surface area contributed by atoms with Crippen molar-refractivity contribution in [1.82, 2.24) is 15.2 Å². The summed E-state index contributed by atoms with van der Waals surface area (Å²) >= 11 is 0. The van der Waals surface area contributed by atoms with Gasteiger partial charge in [0.2, 0.25) is 5.91 Å². The fraction of sp³-hybridized carbons (Fsp3) is 0.625. The van der Waals surface area contributed by atoms with Crippen LogP contribution in [-0.2, 0) is 21.2 Å². The number of sulfone groups is 1. The molecule has 2 rings (SSSR count). The minimum Gasteiger partial charge on any atom is -0.352 e. The number of aryl methyl sites for hydroxylation is 2. The van der Waals surface area contributed by atoms with Gasteiger partial charge in [-0.1, -0.05) is 0 Å². The lowest BCUT2D eigenvalue weighted by atomic mass is 10.2. The highest BCUT2D eigenvalue weighted by Crippen LogP contribution is 2.16. The van der Waals surface area contributed by atoms with E-state index in [0.29, 0.717) is 25.9 Å². The molecule has 0 bridgehead atoms. The Labute approximate surface area is 138 Å². The summed E-state index contributed by atoms with van der Waals surface area (Å²) in [6, 6.07) is 3.96. The molecule has 6 nitrogen and oxygen atoms in total. The Bertz CT molecular complexity index is 653. The van der Waals surface area contributed by atoms with Gasteiger partial charge in [-0.15, -0.1) is 0 Å². The maximum Gasteiger partial charge on any atom is 0.221 e. The molecule has 1 saturated heterocycles. The van der Waals surface area contributed by atoms with Gasteiger partial charge in [0.15, 0.2) is 9.84 Å². The summed E-state index contributed by atoms with van der Waals surface area (Å²) in [6.07, 6.45) is 1.03. The molecular weight excluding hydrogens is 314 g/mol. The predicted molar refractivity (Wildman–Crippen MR) is 89.9 cm³/mol. The van der Waals surface area contributed by atoms with Crippen LogP contribution in [0.5, 0.6) is 0 Å². The van der Waals surface area contributed by atoms with Gasteiger partial charge in [-0.2, -0.15) is 0 Å². The molecule has 128 valence electrons. The van der Waals surface area contributed by atoms with E-state index in [9.17, 15) is 13.2 Å². The van der Waals surface area contributed by atoms with Crippen LogP contribution in [0.4, 0.5) is 0 Å². The van der Waals surface area contributed by atoms with Crippen molar-refractivity contribution in [2.45, 2.75) is 39.3 Å². The number of hydrogen-bond acceptors (Lipinski definition) is 5. The second-order valence-electron chi connectivity index (χ2n) is 6.32. The van der Waals surface area contributed by atoms with Crippen LogP contribution < -0.4 is 5.32 Å². The second-order valence-corrected chi connectivity index (χ2v) is 8.55. The van der Waals surface area contributed by atoms with Crippen LogP contribution >= 0.6 is 0 Å². The number of carbonyl (C=O) groups is 1. The topological polar surface area (TPSA) is 79.4 Å². The molecule has 0 radical (unpaired) electrons. The number of pyridine rings is 1. The molecule has 7 heteroatoms. The average Bonchev–Trinajstić information content (AvgIpc) is 2.82. The molecule has 1 aromatic rings. The molecule has 1 aliphatic rings. The fourth-order valence-corrected chi connectivity index (χ4v) is 4.70. The van der Waals surface area contributed by atoms with Gasteiger partial charge < -0.3 is 10.2 Å². The van der Waals surface area contributed by atoms with Crippen molar-refractivity contribution in [3.63, 3.8) is 0 Å². The summed E-state index contributed by atoms with van der Waals surface area (Å²) in [4.78, 5) is 18.2. The number of amides is 1. The van der Waals surface area contributed by atoms with Gasteiger partial charge in [0.25, 0.3) is 0 Å². The standard InChI is InChI=1S/C16H25N3O3S/c1-12-8-14(9-13(2)18-12)10-17-16(20)4-6-19(3)15-5-7-23(21,22)11-15/h8-9,15H,4-7,10-11H2,1-3H3,(H,17,20). The quantitative estimate of drug-likeness (QED) is 0.830. The van der Waals surface area contributed by atoms with Crippen LogP contribution in [0.2, 0.25) is 0 Å². The fourth-order valence-electron chi connectivity index (χ4n) is 2.90. The van der Waals surface area contributed by atoms with Crippen molar-refractivity contribution in [3.05, 3.63) is 29.1 Å². The number of aromatic nitrogens is 1. The van der Waals surface area contributed by atoms with Gasteiger partial charge in [-0.05, 0) is 45.0 Å². The third kappa shape index (κ3) is 5.58. The van der Waals surface area contributed by atoms with Crippen LogP contribution in [0.3, 0.4) is 0 Å². The lowest BCUT2D eigenvalue weighted by Crippen LogP contribution is -2.36. The van der Waals surface area contributed by atoms with E-state index >= 15 is 0 Å². The first-order valence-corrected chi connectivity index (χ1v) is 9.69. The van der Waals surface area contributed by atoms with Gasteiger partial charge >= 0.3 is 0 Å². The molecule has 0 aliphatic carbocycles. The lowest BCUT2D eigenvalue weighted by molar-refractivity contribution is -0.121. The Morgan fingerprint density at radius 3 is 2.57 bits per heavy atom. The molecule has 23 heavy (non-hydrogen) atoms. The van der Waals surface area contributed by atoms with Crippen molar-refractivity contribution in [2.24, 2.45) is 0 Å². The minimum absolute atomic E-state index is 0.0233. The largest absolute Gasteiger partial charge is 0.352 e. The molecular formula is C16H25N3O3S. The minimum atomic E-state index is -2.88. The first-order chi connectivity index (χ1) is 10.7. The zero-order chi connectivity index (χ0) is 17.0. The molecule has 1 atom stereocenters. The van der Waals surface area contributed by atoms with Crippen LogP contribution in [0.25, 0.3) is 0 Å². The van der Waals surface area contributed by atoms with E-state index in [1.807, 2.05) is 37.9 Å². The van der Waals surface area contributed by atoms with Gasteiger partial charge in [0.05, 0.1) is 11.5 Å². The van der Waals surface area contributed by atoms with Gasteiger partial charge in [-0.3, -0.25) is 9.78 Å². The van der Waals surface area contributed by atoms with E-state index in [0.717, 1.165) is 17.0 Å². The Morgan fingerprint density at radius 1 is 1.35 bits per heavy atom. The van der Waals surface area contributed by atoms with Crippen LogP contribution in [0.1, 0.15) is 29.8 Å². The number of rotatable bonds is 6. The number of hydrogen-bond donors (Lipinski definition) is 1. The number of carbonyl (C=O) groups excluding carboxylic acids is 1. The molecule has 0 saturated carbocycles. The van der Waals surface area contributed by atoms with Crippen molar-refractivity contribution in [2.75, 3.05) is 25.1 Å². The summed E-state index contributed by atoms with van der Waals surface area (Å²) < 4.78 is 23.0. The Morgan fingerprint density at radius 2 is 2.00 bits per heavy atom. The Kier molecular flexibility index (Phi) is 5.75. The SMILES string of the molecule is Cc1cc(CNC(=O)CCN(C)C2CCS(=O)(=O)C2)cc(C)n1. The van der Waals surface area contributed by atoms with E-state index in [4.69, 9.17) is 0 Å². The monoisotopic (exact) mass is 339 g/mol. The first-order valence-electron chi connectivity index (χ1n) is 7.87. The van der Waals surface area contributed by atoms with E-state index < -0.39 is 9.84 Å². The Hall–Kier alpha value is -1.47. The maximum absolute atomic E-state index is 12.0. The van der Waals surface area contributed by atoms with E-state index in [-0.39, 0.29) is 23.5 Å². The van der Waals surface area contributed by atoms with Gasteiger partial charge in [0.1, 0.15) is 0 Å². The van der Waals surface area contributed by atoms with Crippen molar-refractivity contribution in [3.8, 4) is 0 Å². The molecule has 0 aromatic carbocycles. The summed E-state index contributed by atoms with van der Waals surface area (Å²) in [5, 5.41) is 2.90. The van der Waals surface area contributed by atoms with E-state index in [1.54, 1.807) is 0 Å². The zero-order valence-corrected chi connectivity index (χ0v) is 14.8. The third-order valence-electron chi connectivity index (χ3n) is 4.15. The highest BCUT2D eigenvalue weighted by Gasteiger charge is 2.30. The van der Waals surface area contributed by atoms with Crippen molar-refractivity contribution in [1.29, 1.82) is 0 Å². The molecule has 1 aliphatic heterocycles. The highest BCUT2D eigenvalue weighted by molar-refractivity contribution is 7.91. The predicted octanol–water partition coefficient (Wildman–Crippen LogP) is 0.824. The van der Waals surface area contributed by atoms with E-state index in [2.05, 4.69) is 10.3 Å². The molecule has 1 N–H and O–H groups in total. The number of nitrogens with one attached hydrogen (secondary N) is 1. The van der Waals surface area contributed by atoms with Crippen LogP contribution in [0.15, 0.2) is 12.1 Å². The molecule has 1 aromatic heterocycles. The first kappa shape index (κ1) is 17.9. The van der Waals surface area contributed by atoms with Crippen LogP contribution in [0, 0.1) is 13.8 Å². The zero-order valence-electron chi connectivity index (χ0n) is 14.0. The van der Waals surface area contributed by atoms with Gasteiger partial charge in [0, 0.05) is 36.9 Å². The van der Waals surface area contributed by atoms with Crippen molar-refractivity contribution >= 4 is 15.7 Å². The van der Waals surface area contributed by atoms with Gasteiger partial charge in [-0.25, -0.2) is 8.42 Å². The lowest BCUT2D eigenvalue weighted by Gasteiger charge is -2.22. The van der Waals surface area contributed by atoms with Crippen molar-refractivity contribution < 1.29 is 13.2 Å². The summed E-state index contributed by atoms with van der Waals surface area (Å²) in [5.74, 6) is 0.445. The smallest absolute Gasteiger partial charge is 0.221 e. The molecule has 0 spiro atoms. The summed E-state index contributed by atoms with van der Waals surface area (Å²) in [6.45, 7) is 4.93. The summed E-state index contributed by atoms with van der Waals surface area (Å²) in [5.41, 5.74) is 2.92. The second kappa shape index (κ2) is 7.40.